The van der Waals surface area contributed by atoms with Gasteiger partial charge < -0.3 is 10.8 Å². The van der Waals surface area contributed by atoms with Crippen molar-refractivity contribution in [2.45, 2.75) is 32.2 Å². The molecule has 0 heterocycles. The second-order valence-electron chi connectivity index (χ2n) is 2.24. The molecule has 0 aliphatic heterocycles. The van der Waals surface area contributed by atoms with Gasteiger partial charge >= 0.3 is 0 Å². The molecule has 0 aromatic rings. The van der Waals surface area contributed by atoms with E-state index in [2.05, 4.69) is 13.5 Å². The Morgan fingerprint density at radius 3 is 2.67 bits per heavy atom. The lowest BCUT2D eigenvalue weighted by Gasteiger charge is -2.07. The molecule has 0 fully saturated rings. The largest absolute Gasteiger partial charge is 0.511 e. The molecule has 0 aromatic carbocycles. The van der Waals surface area contributed by atoms with Crippen molar-refractivity contribution in [1.29, 1.82) is 0 Å². The molecule has 54 valence electrons. The zero-order valence-corrected chi connectivity index (χ0v) is 5.93. The smallest absolute Gasteiger partial charge is 0.102 e. The van der Waals surface area contributed by atoms with Gasteiger partial charge in [-0.15, -0.1) is 0 Å². The first-order valence-corrected chi connectivity index (χ1v) is 3.31. The molecule has 0 saturated carbocycles. The monoisotopic (exact) mass is 129 g/mol. The van der Waals surface area contributed by atoms with Crippen molar-refractivity contribution < 1.29 is 5.11 Å². The average Bonchev–Trinajstić information content (AvgIpc) is 1.82. The number of nitrogens with two attached hydrogens (primary N) is 1. The first-order chi connectivity index (χ1) is 4.18. The third-order valence-corrected chi connectivity index (χ3v) is 1.30. The predicted molar refractivity (Wildman–Crippen MR) is 39.3 cm³/mol. The normalized spacial score (nSPS) is 13.1. The van der Waals surface area contributed by atoms with Gasteiger partial charge in [0.05, 0.1) is 6.04 Å². The summed E-state index contributed by atoms with van der Waals surface area (Å²) in [5.41, 5.74) is 5.45. The molecule has 0 rings (SSSR count). The van der Waals surface area contributed by atoms with Gasteiger partial charge in [0.2, 0.25) is 0 Å². The molecule has 0 bridgehead atoms. The second-order valence-corrected chi connectivity index (χ2v) is 2.24. The maximum Gasteiger partial charge on any atom is 0.102 e. The highest BCUT2D eigenvalue weighted by Crippen LogP contribution is 2.02. The minimum atomic E-state index is -0.218. The van der Waals surface area contributed by atoms with Crippen LogP contribution in [-0.2, 0) is 0 Å². The van der Waals surface area contributed by atoms with Crippen LogP contribution in [0.3, 0.4) is 0 Å². The Labute approximate surface area is 56.4 Å². The van der Waals surface area contributed by atoms with Gasteiger partial charge in [-0.2, -0.15) is 0 Å². The lowest BCUT2D eigenvalue weighted by Crippen LogP contribution is -2.21. The molecule has 0 amide bonds. The molecule has 0 aliphatic rings. The van der Waals surface area contributed by atoms with Gasteiger partial charge in [0.1, 0.15) is 5.76 Å². The summed E-state index contributed by atoms with van der Waals surface area (Å²) >= 11 is 0. The molecule has 2 nitrogen and oxygen atoms in total. The fourth-order valence-corrected chi connectivity index (χ4v) is 0.591. The standard InChI is InChI=1S/C7H15NO/c1-3-4-5-7(8)6(2)9/h7,9H,2-5,8H2,1H3/t7-/m0/s1. The van der Waals surface area contributed by atoms with Crippen molar-refractivity contribution >= 4 is 0 Å². The predicted octanol–water partition coefficient (Wildman–Crippen LogP) is 1.58. The van der Waals surface area contributed by atoms with Crippen LogP contribution in [0.1, 0.15) is 26.2 Å². The fraction of sp³-hybridized carbons (Fsp3) is 0.714. The molecule has 1 atom stereocenters. The van der Waals surface area contributed by atoms with Crippen LogP contribution in [0.2, 0.25) is 0 Å². The van der Waals surface area contributed by atoms with Crippen LogP contribution >= 0.6 is 0 Å². The van der Waals surface area contributed by atoms with Crippen molar-refractivity contribution in [2.75, 3.05) is 0 Å². The molecular weight excluding hydrogens is 114 g/mol. The Balaban J connectivity index is 3.27. The third-order valence-electron chi connectivity index (χ3n) is 1.30. The highest BCUT2D eigenvalue weighted by atomic mass is 16.3. The van der Waals surface area contributed by atoms with E-state index in [1.54, 1.807) is 0 Å². The van der Waals surface area contributed by atoms with E-state index in [9.17, 15) is 0 Å². The number of hydrogen-bond donors (Lipinski definition) is 2. The SMILES string of the molecule is C=C(O)[C@@H](N)CCCC. The van der Waals surface area contributed by atoms with Crippen LogP contribution in [0.15, 0.2) is 12.3 Å². The van der Waals surface area contributed by atoms with Crippen molar-refractivity contribution in [3.8, 4) is 0 Å². The molecule has 0 spiro atoms. The van der Waals surface area contributed by atoms with Crippen molar-refractivity contribution in [3.05, 3.63) is 12.3 Å². The van der Waals surface area contributed by atoms with Crippen LogP contribution in [0.4, 0.5) is 0 Å². The van der Waals surface area contributed by atoms with Crippen molar-refractivity contribution in [2.24, 2.45) is 5.73 Å². The van der Waals surface area contributed by atoms with Crippen LogP contribution in [-0.4, -0.2) is 11.1 Å². The quantitative estimate of drug-likeness (QED) is 0.566. The summed E-state index contributed by atoms with van der Waals surface area (Å²) in [6.45, 7) is 5.43. The van der Waals surface area contributed by atoms with E-state index in [4.69, 9.17) is 10.8 Å². The summed E-state index contributed by atoms with van der Waals surface area (Å²) in [4.78, 5) is 0. The summed E-state index contributed by atoms with van der Waals surface area (Å²) in [5, 5.41) is 8.73. The zero-order valence-electron chi connectivity index (χ0n) is 5.93. The first kappa shape index (κ1) is 8.50. The molecule has 0 radical (unpaired) electrons. The summed E-state index contributed by atoms with van der Waals surface area (Å²) in [5.74, 6) is 0.100. The highest BCUT2D eigenvalue weighted by Gasteiger charge is 2.02. The number of rotatable bonds is 4. The van der Waals surface area contributed by atoms with E-state index in [0.29, 0.717) is 0 Å². The van der Waals surface area contributed by atoms with Crippen molar-refractivity contribution in [1.82, 2.24) is 0 Å². The van der Waals surface area contributed by atoms with Crippen LogP contribution in [0.25, 0.3) is 0 Å². The van der Waals surface area contributed by atoms with Crippen LogP contribution < -0.4 is 5.73 Å². The van der Waals surface area contributed by atoms with E-state index in [1.165, 1.54) is 0 Å². The van der Waals surface area contributed by atoms with Gasteiger partial charge in [0.25, 0.3) is 0 Å². The van der Waals surface area contributed by atoms with E-state index < -0.39 is 0 Å². The Bertz CT molecular complexity index is 90.9. The minimum absolute atomic E-state index is 0.100. The van der Waals surface area contributed by atoms with Crippen molar-refractivity contribution in [3.63, 3.8) is 0 Å². The first-order valence-electron chi connectivity index (χ1n) is 3.31. The van der Waals surface area contributed by atoms with E-state index in [1.807, 2.05) is 0 Å². The fourth-order valence-electron chi connectivity index (χ4n) is 0.591. The van der Waals surface area contributed by atoms with E-state index >= 15 is 0 Å². The number of aliphatic hydroxyl groups excluding tert-OH is 1. The lowest BCUT2D eigenvalue weighted by molar-refractivity contribution is 0.359. The second kappa shape index (κ2) is 4.39. The van der Waals surface area contributed by atoms with Crippen LogP contribution in [0, 0.1) is 0 Å². The molecule has 0 unspecified atom stereocenters. The summed E-state index contributed by atoms with van der Waals surface area (Å²) in [7, 11) is 0. The molecular formula is C7H15NO. The Morgan fingerprint density at radius 1 is 1.78 bits per heavy atom. The number of aliphatic hydroxyl groups is 1. The van der Waals surface area contributed by atoms with Gasteiger partial charge in [-0.1, -0.05) is 26.3 Å². The van der Waals surface area contributed by atoms with Gasteiger partial charge in [-0.25, -0.2) is 0 Å². The maximum absolute atomic E-state index is 8.73. The van der Waals surface area contributed by atoms with Crippen LogP contribution in [0.5, 0.6) is 0 Å². The van der Waals surface area contributed by atoms with Gasteiger partial charge in [0.15, 0.2) is 0 Å². The maximum atomic E-state index is 8.73. The van der Waals surface area contributed by atoms with E-state index in [0.717, 1.165) is 19.3 Å². The minimum Gasteiger partial charge on any atom is -0.511 e. The Kier molecular flexibility index (Phi) is 4.14. The Hall–Kier alpha value is -0.500. The lowest BCUT2D eigenvalue weighted by atomic mass is 10.1. The molecule has 0 aromatic heterocycles. The molecule has 3 N–H and O–H groups in total. The van der Waals surface area contributed by atoms with Gasteiger partial charge in [-0.05, 0) is 6.42 Å². The summed E-state index contributed by atoms with van der Waals surface area (Å²) < 4.78 is 0. The van der Waals surface area contributed by atoms with E-state index in [-0.39, 0.29) is 11.8 Å². The molecule has 0 aliphatic carbocycles. The number of hydrogen-bond acceptors (Lipinski definition) is 2. The molecule has 2 heteroatoms. The highest BCUT2D eigenvalue weighted by molar-refractivity contribution is 4.91. The summed E-state index contributed by atoms with van der Waals surface area (Å²) in [6.07, 6.45) is 3.01. The molecule has 0 saturated heterocycles. The topological polar surface area (TPSA) is 46.2 Å². The van der Waals surface area contributed by atoms with Gasteiger partial charge in [0, 0.05) is 0 Å². The van der Waals surface area contributed by atoms with Gasteiger partial charge in [-0.3, -0.25) is 0 Å². The zero-order chi connectivity index (χ0) is 7.28. The number of unbranched alkanes of at least 4 members (excludes halogenated alkanes) is 1. The Morgan fingerprint density at radius 2 is 2.33 bits per heavy atom. The summed E-state index contributed by atoms with van der Waals surface area (Å²) in [6, 6.07) is -0.218. The average molecular weight is 129 g/mol. The third kappa shape index (κ3) is 4.03. The molecule has 9 heavy (non-hydrogen) atoms.